The van der Waals surface area contributed by atoms with E-state index in [0.717, 1.165) is 24.3 Å². The first kappa shape index (κ1) is 13.7. The summed E-state index contributed by atoms with van der Waals surface area (Å²) in [5, 5.41) is 11.4. The number of unbranched alkanes of at least 4 members (excludes halogenated alkanes) is 2. The average molecular weight is 233 g/mol. The molecule has 1 aromatic rings. The Balaban J connectivity index is 2.68. The minimum Gasteiger partial charge on any atom is -0.370 e. The average Bonchev–Trinajstić information content (AvgIpc) is 2.34. The first-order valence-electron chi connectivity index (χ1n) is 6.44. The van der Waals surface area contributed by atoms with Crippen molar-refractivity contribution in [3.63, 3.8) is 0 Å². The fraction of sp³-hybridized carbons (Fsp3) is 0.571. The normalized spacial score (nSPS) is 10.6. The molecule has 0 fully saturated rings. The molecular formula is C14H23N3. The van der Waals surface area contributed by atoms with Gasteiger partial charge in [-0.05, 0) is 24.5 Å². The molecule has 0 aromatic carbocycles. The summed E-state index contributed by atoms with van der Waals surface area (Å²) in [7, 11) is 0. The van der Waals surface area contributed by atoms with Crippen LogP contribution in [0.3, 0.4) is 0 Å². The monoisotopic (exact) mass is 233 g/mol. The Morgan fingerprint density at radius 2 is 2.18 bits per heavy atom. The highest BCUT2D eigenvalue weighted by Crippen LogP contribution is 2.16. The van der Waals surface area contributed by atoms with Gasteiger partial charge in [0.05, 0.1) is 0 Å². The van der Waals surface area contributed by atoms with Crippen LogP contribution in [-0.2, 0) is 0 Å². The summed E-state index contributed by atoms with van der Waals surface area (Å²) in [5.74, 6) is 1.08. The van der Waals surface area contributed by atoms with E-state index in [2.05, 4.69) is 17.2 Å². The van der Waals surface area contributed by atoms with E-state index in [1.807, 2.05) is 26.0 Å². The topological polar surface area (TPSA) is 48.8 Å². The SMILES string of the molecule is CCCCCNc1ncccc1C(=N)C(C)C. The highest BCUT2D eigenvalue weighted by Gasteiger charge is 2.11. The van der Waals surface area contributed by atoms with Crippen molar-refractivity contribution in [2.24, 2.45) is 5.92 Å². The smallest absolute Gasteiger partial charge is 0.135 e. The lowest BCUT2D eigenvalue weighted by molar-refractivity contribution is 0.742. The van der Waals surface area contributed by atoms with Crippen molar-refractivity contribution >= 4 is 11.5 Å². The van der Waals surface area contributed by atoms with Crippen LogP contribution in [-0.4, -0.2) is 17.2 Å². The third-order valence-corrected chi connectivity index (χ3v) is 2.75. The highest BCUT2D eigenvalue weighted by molar-refractivity contribution is 6.03. The third-order valence-electron chi connectivity index (χ3n) is 2.75. The standard InChI is InChI=1S/C14H23N3/c1-4-5-6-9-16-14-12(8-7-10-17-14)13(15)11(2)3/h7-8,10-11,15H,4-6,9H2,1-3H3,(H,16,17). The van der Waals surface area contributed by atoms with Crippen LogP contribution in [0.1, 0.15) is 45.6 Å². The van der Waals surface area contributed by atoms with E-state index < -0.39 is 0 Å². The number of anilines is 1. The first-order chi connectivity index (χ1) is 8.16. The van der Waals surface area contributed by atoms with Crippen LogP contribution in [0.2, 0.25) is 0 Å². The fourth-order valence-electron chi connectivity index (χ4n) is 1.66. The Morgan fingerprint density at radius 3 is 2.82 bits per heavy atom. The van der Waals surface area contributed by atoms with Gasteiger partial charge in [0, 0.05) is 24.0 Å². The van der Waals surface area contributed by atoms with Gasteiger partial charge in [0.2, 0.25) is 0 Å². The Bertz CT molecular complexity index is 358. The van der Waals surface area contributed by atoms with Crippen molar-refractivity contribution in [1.82, 2.24) is 4.98 Å². The summed E-state index contributed by atoms with van der Waals surface area (Å²) >= 11 is 0. The quantitative estimate of drug-likeness (QED) is 0.557. The molecule has 0 amide bonds. The van der Waals surface area contributed by atoms with Gasteiger partial charge in [-0.15, -0.1) is 0 Å². The molecule has 3 nitrogen and oxygen atoms in total. The van der Waals surface area contributed by atoms with Crippen molar-refractivity contribution in [1.29, 1.82) is 5.41 Å². The zero-order valence-electron chi connectivity index (χ0n) is 11.1. The van der Waals surface area contributed by atoms with Crippen molar-refractivity contribution in [2.45, 2.75) is 40.0 Å². The van der Waals surface area contributed by atoms with E-state index in [1.54, 1.807) is 6.20 Å². The van der Waals surface area contributed by atoms with Gasteiger partial charge in [-0.2, -0.15) is 0 Å². The maximum Gasteiger partial charge on any atom is 0.135 e. The minimum atomic E-state index is 0.232. The molecule has 0 saturated carbocycles. The van der Waals surface area contributed by atoms with E-state index >= 15 is 0 Å². The molecule has 2 N–H and O–H groups in total. The molecule has 0 aliphatic carbocycles. The van der Waals surface area contributed by atoms with Crippen molar-refractivity contribution < 1.29 is 0 Å². The second kappa shape index (κ2) is 7.05. The van der Waals surface area contributed by atoms with Crippen LogP contribution in [0.15, 0.2) is 18.3 Å². The molecule has 1 heterocycles. The molecule has 0 aliphatic heterocycles. The van der Waals surface area contributed by atoms with E-state index in [1.165, 1.54) is 12.8 Å². The summed E-state index contributed by atoms with van der Waals surface area (Å²) in [4.78, 5) is 4.33. The molecule has 1 rings (SSSR count). The van der Waals surface area contributed by atoms with Gasteiger partial charge in [0.1, 0.15) is 5.82 Å². The second-order valence-electron chi connectivity index (χ2n) is 4.60. The van der Waals surface area contributed by atoms with Gasteiger partial charge >= 0.3 is 0 Å². The van der Waals surface area contributed by atoms with Gasteiger partial charge in [0.15, 0.2) is 0 Å². The summed E-state index contributed by atoms with van der Waals surface area (Å²) in [6.07, 6.45) is 5.39. The molecular weight excluding hydrogens is 210 g/mol. The molecule has 0 saturated heterocycles. The summed E-state index contributed by atoms with van der Waals surface area (Å²) in [6.45, 7) is 7.20. The number of hydrogen-bond donors (Lipinski definition) is 2. The number of rotatable bonds is 7. The van der Waals surface area contributed by atoms with Gasteiger partial charge in [-0.3, -0.25) is 0 Å². The lowest BCUT2D eigenvalue weighted by atomic mass is 10.0. The van der Waals surface area contributed by atoms with Gasteiger partial charge in [0.25, 0.3) is 0 Å². The molecule has 0 atom stereocenters. The largest absolute Gasteiger partial charge is 0.370 e. The zero-order chi connectivity index (χ0) is 12.7. The van der Waals surface area contributed by atoms with Crippen molar-refractivity contribution in [2.75, 3.05) is 11.9 Å². The highest BCUT2D eigenvalue weighted by atomic mass is 15.0. The predicted octanol–water partition coefficient (Wildman–Crippen LogP) is 3.71. The molecule has 3 heteroatoms. The van der Waals surface area contributed by atoms with Crippen LogP contribution in [0.4, 0.5) is 5.82 Å². The third kappa shape index (κ3) is 4.17. The van der Waals surface area contributed by atoms with Crippen LogP contribution < -0.4 is 5.32 Å². The second-order valence-corrected chi connectivity index (χ2v) is 4.60. The number of nitrogens with zero attached hydrogens (tertiary/aromatic N) is 1. The molecule has 94 valence electrons. The maximum absolute atomic E-state index is 8.06. The minimum absolute atomic E-state index is 0.232. The van der Waals surface area contributed by atoms with E-state index in [4.69, 9.17) is 5.41 Å². The molecule has 0 bridgehead atoms. The van der Waals surface area contributed by atoms with Crippen LogP contribution in [0.5, 0.6) is 0 Å². The lowest BCUT2D eigenvalue weighted by Gasteiger charge is -2.13. The Morgan fingerprint density at radius 1 is 1.41 bits per heavy atom. The van der Waals surface area contributed by atoms with Crippen LogP contribution in [0.25, 0.3) is 0 Å². The Hall–Kier alpha value is -1.38. The summed E-state index contributed by atoms with van der Waals surface area (Å²) in [5.41, 5.74) is 1.58. The van der Waals surface area contributed by atoms with Crippen LogP contribution >= 0.6 is 0 Å². The molecule has 0 radical (unpaired) electrons. The van der Waals surface area contributed by atoms with Crippen molar-refractivity contribution in [3.05, 3.63) is 23.9 Å². The number of pyridine rings is 1. The van der Waals surface area contributed by atoms with Crippen molar-refractivity contribution in [3.8, 4) is 0 Å². The summed E-state index contributed by atoms with van der Waals surface area (Å²) < 4.78 is 0. The fourth-order valence-corrected chi connectivity index (χ4v) is 1.66. The molecule has 17 heavy (non-hydrogen) atoms. The Kier molecular flexibility index (Phi) is 5.67. The van der Waals surface area contributed by atoms with E-state index in [-0.39, 0.29) is 5.92 Å². The zero-order valence-corrected chi connectivity index (χ0v) is 11.1. The van der Waals surface area contributed by atoms with Gasteiger partial charge in [-0.25, -0.2) is 4.98 Å². The van der Waals surface area contributed by atoms with Crippen LogP contribution in [0, 0.1) is 11.3 Å². The molecule has 0 spiro atoms. The molecule has 1 aromatic heterocycles. The summed E-state index contributed by atoms with van der Waals surface area (Å²) in [6, 6.07) is 3.86. The lowest BCUT2D eigenvalue weighted by Crippen LogP contribution is -2.13. The molecule has 0 unspecified atom stereocenters. The number of aromatic nitrogens is 1. The molecule has 0 aliphatic rings. The number of nitrogens with one attached hydrogen (secondary N) is 2. The van der Waals surface area contributed by atoms with E-state index in [0.29, 0.717) is 5.71 Å². The maximum atomic E-state index is 8.06. The number of hydrogen-bond acceptors (Lipinski definition) is 3. The van der Waals surface area contributed by atoms with Gasteiger partial charge < -0.3 is 10.7 Å². The Labute approximate surface area is 104 Å². The van der Waals surface area contributed by atoms with E-state index in [9.17, 15) is 0 Å². The first-order valence-corrected chi connectivity index (χ1v) is 6.44. The predicted molar refractivity (Wildman–Crippen MR) is 73.9 cm³/mol. The van der Waals surface area contributed by atoms with Gasteiger partial charge in [-0.1, -0.05) is 33.6 Å².